The van der Waals surface area contributed by atoms with E-state index in [2.05, 4.69) is 10.6 Å². The van der Waals surface area contributed by atoms with E-state index in [0.717, 1.165) is 17.1 Å². The maximum Gasteiger partial charge on any atom is 0.239 e. The second kappa shape index (κ2) is 4.86. The Bertz CT molecular complexity index is 458. The van der Waals surface area contributed by atoms with Gasteiger partial charge < -0.3 is 20.1 Å². The van der Waals surface area contributed by atoms with Crippen LogP contribution in [0.5, 0.6) is 11.5 Å². The van der Waals surface area contributed by atoms with E-state index in [1.807, 2.05) is 32.0 Å². The molecule has 0 fully saturated rings. The summed E-state index contributed by atoms with van der Waals surface area (Å²) in [5.41, 5.74) is 0.413. The molecule has 1 heterocycles. The van der Waals surface area contributed by atoms with Crippen molar-refractivity contribution in [3.8, 4) is 11.5 Å². The molecule has 0 aromatic heterocycles. The van der Waals surface area contributed by atoms with Gasteiger partial charge in [0.05, 0.1) is 5.54 Å². The van der Waals surface area contributed by atoms with Crippen LogP contribution in [0.4, 0.5) is 0 Å². The molecular weight excluding hydrogens is 232 g/mol. The Hall–Kier alpha value is -1.75. The van der Waals surface area contributed by atoms with Crippen molar-refractivity contribution < 1.29 is 14.3 Å². The minimum absolute atomic E-state index is 0.0392. The summed E-state index contributed by atoms with van der Waals surface area (Å²) in [6.07, 6.45) is 0. The number of hydrogen-bond acceptors (Lipinski definition) is 4. The predicted octanol–water partition coefficient (Wildman–Crippen LogP) is 1.03. The van der Waals surface area contributed by atoms with E-state index in [-0.39, 0.29) is 12.7 Å². The molecular formula is C13H18N2O3. The molecule has 1 aromatic carbocycles. The van der Waals surface area contributed by atoms with Crippen LogP contribution >= 0.6 is 0 Å². The monoisotopic (exact) mass is 250 g/mol. The van der Waals surface area contributed by atoms with Gasteiger partial charge in [-0.3, -0.25) is 4.79 Å². The molecule has 0 radical (unpaired) electrons. The van der Waals surface area contributed by atoms with Gasteiger partial charge in [0.2, 0.25) is 12.7 Å². The molecule has 5 nitrogen and oxygen atoms in total. The Balaban J connectivity index is 1.97. The maximum atomic E-state index is 11.9. The molecule has 0 bridgehead atoms. The van der Waals surface area contributed by atoms with E-state index in [4.69, 9.17) is 9.47 Å². The van der Waals surface area contributed by atoms with Crippen molar-refractivity contribution in [2.45, 2.75) is 25.9 Å². The summed E-state index contributed by atoms with van der Waals surface area (Å²) in [7, 11) is 1.76. The molecule has 5 heteroatoms. The first-order chi connectivity index (χ1) is 8.53. The fourth-order valence-corrected chi connectivity index (χ4v) is 1.57. The first-order valence-electron chi connectivity index (χ1n) is 5.88. The minimum atomic E-state index is -0.573. The summed E-state index contributed by atoms with van der Waals surface area (Å²) >= 11 is 0. The number of carbonyl (C=O) groups is 1. The van der Waals surface area contributed by atoms with Crippen LogP contribution < -0.4 is 20.1 Å². The summed E-state index contributed by atoms with van der Waals surface area (Å²) in [5, 5.41) is 5.85. The van der Waals surface area contributed by atoms with Crippen molar-refractivity contribution in [1.29, 1.82) is 0 Å². The first-order valence-corrected chi connectivity index (χ1v) is 5.88. The second-order valence-electron chi connectivity index (χ2n) is 4.75. The number of rotatable bonds is 4. The molecule has 0 unspecified atom stereocenters. The molecule has 0 saturated carbocycles. The molecule has 2 N–H and O–H groups in total. The Morgan fingerprint density at radius 1 is 1.33 bits per heavy atom. The highest BCUT2D eigenvalue weighted by Gasteiger charge is 2.24. The molecule has 98 valence electrons. The Morgan fingerprint density at radius 3 is 2.78 bits per heavy atom. The molecule has 0 saturated heterocycles. The molecule has 0 aliphatic carbocycles. The lowest BCUT2D eigenvalue weighted by molar-refractivity contribution is -0.126. The van der Waals surface area contributed by atoms with Gasteiger partial charge in [-0.15, -0.1) is 0 Å². The smallest absolute Gasteiger partial charge is 0.239 e. The van der Waals surface area contributed by atoms with E-state index in [1.165, 1.54) is 0 Å². The molecule has 1 amide bonds. The number of carbonyl (C=O) groups excluding carboxylic acids is 1. The van der Waals surface area contributed by atoms with Crippen LogP contribution in [0.1, 0.15) is 19.4 Å². The average Bonchev–Trinajstić information content (AvgIpc) is 2.83. The number of nitrogens with one attached hydrogen (secondary N) is 2. The number of likely N-dealkylation sites (N-methyl/N-ethyl adjacent to an activating group) is 1. The summed E-state index contributed by atoms with van der Waals surface area (Å²) in [6.45, 7) is 4.41. The fourth-order valence-electron chi connectivity index (χ4n) is 1.57. The van der Waals surface area contributed by atoms with Gasteiger partial charge in [-0.1, -0.05) is 6.07 Å². The molecule has 2 rings (SSSR count). The van der Waals surface area contributed by atoms with Crippen LogP contribution in [0.2, 0.25) is 0 Å². The van der Waals surface area contributed by atoms with Crippen LogP contribution in [-0.4, -0.2) is 25.3 Å². The molecule has 0 spiro atoms. The van der Waals surface area contributed by atoms with Crippen molar-refractivity contribution in [3.63, 3.8) is 0 Å². The highest BCUT2D eigenvalue weighted by atomic mass is 16.7. The zero-order valence-electron chi connectivity index (χ0n) is 10.9. The van der Waals surface area contributed by atoms with Crippen LogP contribution in [-0.2, 0) is 11.3 Å². The van der Waals surface area contributed by atoms with E-state index in [0.29, 0.717) is 6.54 Å². The SMILES string of the molecule is CNC(C)(C)C(=O)NCc1ccc2c(c1)OCO2. The predicted molar refractivity (Wildman–Crippen MR) is 67.6 cm³/mol. The van der Waals surface area contributed by atoms with Crippen LogP contribution in [0.25, 0.3) is 0 Å². The van der Waals surface area contributed by atoms with Crippen molar-refractivity contribution in [2.24, 2.45) is 0 Å². The van der Waals surface area contributed by atoms with Crippen molar-refractivity contribution >= 4 is 5.91 Å². The summed E-state index contributed by atoms with van der Waals surface area (Å²) in [4.78, 5) is 11.9. The van der Waals surface area contributed by atoms with Crippen LogP contribution in [0.3, 0.4) is 0 Å². The molecule has 1 aromatic rings. The zero-order valence-corrected chi connectivity index (χ0v) is 10.9. The van der Waals surface area contributed by atoms with Crippen molar-refractivity contribution in [1.82, 2.24) is 10.6 Å². The molecule has 0 atom stereocenters. The molecule has 1 aliphatic rings. The number of amides is 1. The largest absolute Gasteiger partial charge is 0.454 e. The third-order valence-electron chi connectivity index (χ3n) is 3.08. The second-order valence-corrected chi connectivity index (χ2v) is 4.75. The number of fused-ring (bicyclic) bond motifs is 1. The van der Waals surface area contributed by atoms with Gasteiger partial charge in [0, 0.05) is 6.54 Å². The number of ether oxygens (including phenoxy) is 2. The normalized spacial score (nSPS) is 13.5. The average molecular weight is 250 g/mol. The molecule has 1 aliphatic heterocycles. The van der Waals surface area contributed by atoms with Gasteiger partial charge in [-0.25, -0.2) is 0 Å². The van der Waals surface area contributed by atoms with Crippen LogP contribution in [0.15, 0.2) is 18.2 Å². The number of benzene rings is 1. The maximum absolute atomic E-state index is 11.9. The van der Waals surface area contributed by atoms with E-state index in [1.54, 1.807) is 7.05 Å². The lowest BCUT2D eigenvalue weighted by Gasteiger charge is -2.22. The summed E-state index contributed by atoms with van der Waals surface area (Å²) in [6, 6.07) is 5.65. The van der Waals surface area contributed by atoms with Crippen molar-refractivity contribution in [3.05, 3.63) is 23.8 Å². The van der Waals surface area contributed by atoms with Gasteiger partial charge in [0.15, 0.2) is 11.5 Å². The van der Waals surface area contributed by atoms with Crippen molar-refractivity contribution in [2.75, 3.05) is 13.8 Å². The molecule has 18 heavy (non-hydrogen) atoms. The standard InChI is InChI=1S/C13H18N2O3/c1-13(2,14-3)12(16)15-7-9-4-5-10-11(6-9)18-8-17-10/h4-6,14H,7-8H2,1-3H3,(H,15,16). The van der Waals surface area contributed by atoms with Gasteiger partial charge in [0.1, 0.15) is 0 Å². The van der Waals surface area contributed by atoms with Gasteiger partial charge in [0.25, 0.3) is 0 Å². The fraction of sp³-hybridized carbons (Fsp3) is 0.462. The Morgan fingerprint density at radius 2 is 2.06 bits per heavy atom. The lowest BCUT2D eigenvalue weighted by atomic mass is 10.1. The zero-order chi connectivity index (χ0) is 13.2. The minimum Gasteiger partial charge on any atom is -0.454 e. The van der Waals surface area contributed by atoms with E-state index in [9.17, 15) is 4.79 Å². The van der Waals surface area contributed by atoms with Gasteiger partial charge in [-0.2, -0.15) is 0 Å². The van der Waals surface area contributed by atoms with Gasteiger partial charge >= 0.3 is 0 Å². The third-order valence-corrected chi connectivity index (χ3v) is 3.08. The summed E-state index contributed by atoms with van der Waals surface area (Å²) in [5.74, 6) is 1.44. The Kier molecular flexibility index (Phi) is 3.43. The lowest BCUT2D eigenvalue weighted by Crippen LogP contribution is -2.50. The third kappa shape index (κ3) is 2.56. The van der Waals surface area contributed by atoms with E-state index >= 15 is 0 Å². The number of hydrogen-bond donors (Lipinski definition) is 2. The van der Waals surface area contributed by atoms with Gasteiger partial charge in [-0.05, 0) is 38.6 Å². The topological polar surface area (TPSA) is 59.6 Å². The van der Waals surface area contributed by atoms with Crippen LogP contribution in [0, 0.1) is 0 Å². The Labute approximate surface area is 106 Å². The summed E-state index contributed by atoms with van der Waals surface area (Å²) < 4.78 is 10.5. The first kappa shape index (κ1) is 12.7. The van der Waals surface area contributed by atoms with E-state index < -0.39 is 5.54 Å². The highest BCUT2D eigenvalue weighted by Crippen LogP contribution is 2.32. The quantitative estimate of drug-likeness (QED) is 0.838. The highest BCUT2D eigenvalue weighted by molar-refractivity contribution is 5.85.